The number of methoxy groups -OCH3 is 1. The van der Waals surface area contributed by atoms with E-state index >= 15 is 0 Å². The largest absolute Gasteiger partial charge is 0.480 e. The molecule has 0 N–H and O–H groups in total. The molecule has 4 heteroatoms. The monoisotopic (exact) mass is 329 g/mol. The third-order valence-corrected chi connectivity index (χ3v) is 4.84. The molecule has 124 valence electrons. The average molecular weight is 329 g/mol. The van der Waals surface area contributed by atoms with Crippen LogP contribution in [0.2, 0.25) is 0 Å². The van der Waals surface area contributed by atoms with Crippen LogP contribution in [0.3, 0.4) is 0 Å². The summed E-state index contributed by atoms with van der Waals surface area (Å²) in [5.74, 6) is 0.343. The standard InChI is InChI=1S/C21H19N3O/c1-25-21-17(13-22)19(14-8-4-2-5-9-14)16-12-15-10-6-3-7-11-18(15)23-20(16)24-21/h2,4-5,8-9,12H,3,6-7,10-11H2,1H3. The highest BCUT2D eigenvalue weighted by atomic mass is 16.5. The van der Waals surface area contributed by atoms with Crippen molar-refractivity contribution < 1.29 is 4.74 Å². The molecule has 4 rings (SSSR count). The molecular formula is C21H19N3O. The first-order chi connectivity index (χ1) is 12.3. The maximum Gasteiger partial charge on any atom is 0.234 e. The maximum absolute atomic E-state index is 9.74. The second kappa shape index (κ2) is 6.52. The number of aromatic nitrogens is 2. The van der Waals surface area contributed by atoms with E-state index < -0.39 is 0 Å². The van der Waals surface area contributed by atoms with Crippen LogP contribution in [0.25, 0.3) is 22.2 Å². The highest BCUT2D eigenvalue weighted by Crippen LogP contribution is 2.36. The van der Waals surface area contributed by atoms with Gasteiger partial charge in [0.05, 0.1) is 7.11 Å². The molecule has 0 unspecified atom stereocenters. The molecule has 0 atom stereocenters. The molecule has 1 aromatic carbocycles. The van der Waals surface area contributed by atoms with Gasteiger partial charge in [0.2, 0.25) is 5.88 Å². The van der Waals surface area contributed by atoms with Crippen LogP contribution in [0, 0.1) is 11.3 Å². The van der Waals surface area contributed by atoms with Crippen LogP contribution >= 0.6 is 0 Å². The van der Waals surface area contributed by atoms with Crippen LogP contribution < -0.4 is 4.74 Å². The summed E-state index contributed by atoms with van der Waals surface area (Å²) >= 11 is 0. The first-order valence-corrected chi connectivity index (χ1v) is 8.68. The Morgan fingerprint density at radius 2 is 1.84 bits per heavy atom. The van der Waals surface area contributed by atoms with Gasteiger partial charge in [-0.15, -0.1) is 0 Å². The van der Waals surface area contributed by atoms with Gasteiger partial charge >= 0.3 is 0 Å². The second-order valence-electron chi connectivity index (χ2n) is 6.37. The van der Waals surface area contributed by atoms with E-state index in [1.165, 1.54) is 24.8 Å². The van der Waals surface area contributed by atoms with Crippen molar-refractivity contribution in [3.05, 3.63) is 53.2 Å². The SMILES string of the molecule is COc1nc2nc3c(cc2c(-c2ccccc2)c1C#N)CCCCC3. The van der Waals surface area contributed by atoms with Crippen molar-refractivity contribution in [2.45, 2.75) is 32.1 Å². The van der Waals surface area contributed by atoms with E-state index in [0.717, 1.165) is 35.0 Å². The van der Waals surface area contributed by atoms with Gasteiger partial charge in [-0.1, -0.05) is 36.8 Å². The van der Waals surface area contributed by atoms with Gasteiger partial charge in [-0.25, -0.2) is 4.98 Å². The number of pyridine rings is 2. The van der Waals surface area contributed by atoms with Crippen LogP contribution in [0.1, 0.15) is 36.1 Å². The lowest BCUT2D eigenvalue weighted by molar-refractivity contribution is 0.398. The zero-order chi connectivity index (χ0) is 17.2. The lowest BCUT2D eigenvalue weighted by atomic mass is 9.95. The van der Waals surface area contributed by atoms with Crippen molar-refractivity contribution in [2.24, 2.45) is 0 Å². The zero-order valence-corrected chi connectivity index (χ0v) is 14.2. The summed E-state index contributed by atoms with van der Waals surface area (Å²) in [5.41, 5.74) is 5.41. The molecule has 0 amide bonds. The van der Waals surface area contributed by atoms with Gasteiger partial charge in [-0.05, 0) is 42.9 Å². The van der Waals surface area contributed by atoms with Crippen molar-refractivity contribution in [3.8, 4) is 23.1 Å². The first kappa shape index (κ1) is 15.6. The van der Waals surface area contributed by atoms with Crippen molar-refractivity contribution in [1.29, 1.82) is 5.26 Å². The Balaban J connectivity index is 2.08. The van der Waals surface area contributed by atoms with E-state index in [-0.39, 0.29) is 0 Å². The van der Waals surface area contributed by atoms with Gasteiger partial charge in [0.15, 0.2) is 5.65 Å². The van der Waals surface area contributed by atoms with Crippen molar-refractivity contribution >= 4 is 11.0 Å². The van der Waals surface area contributed by atoms with Crippen LogP contribution in [-0.4, -0.2) is 17.1 Å². The minimum atomic E-state index is 0.343. The molecule has 25 heavy (non-hydrogen) atoms. The van der Waals surface area contributed by atoms with Crippen LogP contribution in [0.15, 0.2) is 36.4 Å². The fraction of sp³-hybridized carbons (Fsp3) is 0.286. The Morgan fingerprint density at radius 1 is 1.04 bits per heavy atom. The molecule has 0 fully saturated rings. The average Bonchev–Trinajstić information content (AvgIpc) is 2.90. The van der Waals surface area contributed by atoms with Crippen LogP contribution in [0.4, 0.5) is 0 Å². The molecule has 0 aliphatic heterocycles. The minimum Gasteiger partial charge on any atom is -0.480 e. The molecule has 3 aromatic rings. The molecule has 4 nitrogen and oxygen atoms in total. The number of hydrogen-bond acceptors (Lipinski definition) is 4. The molecule has 2 heterocycles. The van der Waals surface area contributed by atoms with Crippen LogP contribution in [0.5, 0.6) is 5.88 Å². The van der Waals surface area contributed by atoms with Crippen molar-refractivity contribution in [2.75, 3.05) is 7.11 Å². The summed E-state index contributed by atoms with van der Waals surface area (Å²) in [7, 11) is 1.55. The second-order valence-corrected chi connectivity index (χ2v) is 6.37. The van der Waals surface area contributed by atoms with Gasteiger partial charge in [0, 0.05) is 16.6 Å². The van der Waals surface area contributed by atoms with E-state index in [0.29, 0.717) is 17.1 Å². The Hall–Kier alpha value is -2.93. The Morgan fingerprint density at radius 3 is 2.60 bits per heavy atom. The molecule has 0 bridgehead atoms. The summed E-state index contributed by atoms with van der Waals surface area (Å²) < 4.78 is 5.40. The lowest BCUT2D eigenvalue weighted by Gasteiger charge is -2.14. The van der Waals surface area contributed by atoms with E-state index in [9.17, 15) is 5.26 Å². The van der Waals surface area contributed by atoms with Crippen LogP contribution in [-0.2, 0) is 12.8 Å². The quantitative estimate of drug-likeness (QED) is 0.652. The molecule has 0 saturated carbocycles. The number of ether oxygens (including phenoxy) is 1. The van der Waals surface area contributed by atoms with E-state index in [2.05, 4.69) is 17.1 Å². The number of hydrogen-bond donors (Lipinski definition) is 0. The number of rotatable bonds is 2. The van der Waals surface area contributed by atoms with Gasteiger partial charge in [0.25, 0.3) is 0 Å². The number of nitriles is 1. The number of aryl methyl sites for hydroxylation is 2. The summed E-state index contributed by atoms with van der Waals surface area (Å²) in [6, 6.07) is 14.4. The van der Waals surface area contributed by atoms with Gasteiger partial charge in [-0.2, -0.15) is 10.2 Å². The third kappa shape index (κ3) is 2.72. The number of benzene rings is 1. The summed E-state index contributed by atoms with van der Waals surface area (Å²) in [6.07, 6.45) is 5.63. The first-order valence-electron chi connectivity index (χ1n) is 8.68. The normalized spacial score (nSPS) is 13.8. The molecular weight excluding hydrogens is 310 g/mol. The van der Waals surface area contributed by atoms with E-state index in [4.69, 9.17) is 9.72 Å². The highest BCUT2D eigenvalue weighted by molar-refractivity contribution is 5.97. The molecule has 2 aromatic heterocycles. The van der Waals surface area contributed by atoms with Crippen molar-refractivity contribution in [3.63, 3.8) is 0 Å². The number of nitrogens with zero attached hydrogens (tertiary/aromatic N) is 3. The maximum atomic E-state index is 9.74. The molecule has 0 spiro atoms. The van der Waals surface area contributed by atoms with Gasteiger partial charge < -0.3 is 4.74 Å². The van der Waals surface area contributed by atoms with Gasteiger partial charge in [0.1, 0.15) is 11.6 Å². The predicted octanol–water partition coefficient (Wildman–Crippen LogP) is 4.45. The summed E-state index contributed by atoms with van der Waals surface area (Å²) in [6.45, 7) is 0. The lowest BCUT2D eigenvalue weighted by Crippen LogP contribution is -2.02. The highest BCUT2D eigenvalue weighted by Gasteiger charge is 2.20. The molecule has 1 aliphatic rings. The fourth-order valence-corrected chi connectivity index (χ4v) is 3.62. The van der Waals surface area contributed by atoms with E-state index in [1.54, 1.807) is 7.11 Å². The van der Waals surface area contributed by atoms with Crippen molar-refractivity contribution in [1.82, 2.24) is 9.97 Å². The smallest absolute Gasteiger partial charge is 0.234 e. The summed E-state index contributed by atoms with van der Waals surface area (Å²) in [4.78, 5) is 9.38. The Labute approximate surface area is 147 Å². The fourth-order valence-electron chi connectivity index (χ4n) is 3.62. The topological polar surface area (TPSA) is 58.8 Å². The zero-order valence-electron chi connectivity index (χ0n) is 14.2. The Kier molecular flexibility index (Phi) is 4.07. The number of fused-ring (bicyclic) bond motifs is 2. The minimum absolute atomic E-state index is 0.343. The Bertz CT molecular complexity index is 974. The molecule has 0 radical (unpaired) electrons. The third-order valence-electron chi connectivity index (χ3n) is 4.84. The predicted molar refractivity (Wildman–Crippen MR) is 97.5 cm³/mol. The molecule has 1 aliphatic carbocycles. The van der Waals surface area contributed by atoms with Gasteiger partial charge in [-0.3, -0.25) is 0 Å². The summed E-state index contributed by atoms with van der Waals surface area (Å²) in [5, 5.41) is 10.7. The van der Waals surface area contributed by atoms with E-state index in [1.807, 2.05) is 30.3 Å². The molecule has 0 saturated heterocycles.